The Morgan fingerprint density at radius 3 is 2.55 bits per heavy atom. The number of hydrogen-bond acceptors (Lipinski definition) is 1. The maximum atomic E-state index is 13.6. The predicted molar refractivity (Wildman–Crippen MR) is 94.1 cm³/mol. The van der Waals surface area contributed by atoms with Crippen LogP contribution in [0.5, 0.6) is 0 Å². The van der Waals surface area contributed by atoms with Gasteiger partial charge in [-0.3, -0.25) is 0 Å². The van der Waals surface area contributed by atoms with Gasteiger partial charge >= 0.3 is 0 Å². The normalized spacial score (nSPS) is 13.4. The third kappa shape index (κ3) is 3.12. The van der Waals surface area contributed by atoms with Crippen LogP contribution in [0.25, 0.3) is 0 Å². The van der Waals surface area contributed by atoms with Crippen LogP contribution in [0.2, 0.25) is 0 Å². The number of anilines is 2. The third-order valence-electron chi connectivity index (χ3n) is 4.16. The highest BCUT2D eigenvalue weighted by Crippen LogP contribution is 2.28. The average molecular weight is 314 g/mol. The molecule has 0 aliphatic heterocycles. The number of thiocarbonyl (C=S) groups is 1. The van der Waals surface area contributed by atoms with E-state index in [-0.39, 0.29) is 5.82 Å². The number of aryl methyl sites for hydroxylation is 1. The molecular weight excluding hydrogens is 295 g/mol. The molecule has 0 amide bonds. The van der Waals surface area contributed by atoms with Gasteiger partial charge in [0.25, 0.3) is 0 Å². The van der Waals surface area contributed by atoms with Crippen molar-refractivity contribution >= 4 is 28.7 Å². The van der Waals surface area contributed by atoms with Crippen molar-refractivity contribution in [3.63, 3.8) is 0 Å². The van der Waals surface area contributed by atoms with Crippen molar-refractivity contribution in [1.29, 1.82) is 0 Å². The van der Waals surface area contributed by atoms with Gasteiger partial charge in [-0.25, -0.2) is 4.39 Å². The van der Waals surface area contributed by atoms with E-state index in [0.717, 1.165) is 18.5 Å². The number of halogens is 1. The SMILES string of the molecule is Cc1c(F)cccc1NC(=S)Nc1cccc2c1CCCC2. The van der Waals surface area contributed by atoms with Crippen LogP contribution in [0.15, 0.2) is 36.4 Å². The Hall–Kier alpha value is -1.94. The summed E-state index contributed by atoms with van der Waals surface area (Å²) >= 11 is 5.38. The molecule has 2 nitrogen and oxygen atoms in total. The zero-order valence-electron chi connectivity index (χ0n) is 12.6. The molecule has 114 valence electrons. The van der Waals surface area contributed by atoms with E-state index in [9.17, 15) is 4.39 Å². The molecule has 0 fully saturated rings. The lowest BCUT2D eigenvalue weighted by atomic mass is 9.90. The van der Waals surface area contributed by atoms with Crippen LogP contribution < -0.4 is 10.6 Å². The summed E-state index contributed by atoms with van der Waals surface area (Å²) in [6.45, 7) is 1.74. The second-order valence-electron chi connectivity index (χ2n) is 5.64. The predicted octanol–water partition coefficient (Wildman–Crippen LogP) is 4.82. The molecule has 3 rings (SSSR count). The van der Waals surface area contributed by atoms with Gasteiger partial charge in [-0.1, -0.05) is 18.2 Å². The molecule has 0 atom stereocenters. The van der Waals surface area contributed by atoms with Crippen LogP contribution >= 0.6 is 12.2 Å². The van der Waals surface area contributed by atoms with Crippen LogP contribution in [-0.2, 0) is 12.8 Å². The lowest BCUT2D eigenvalue weighted by Crippen LogP contribution is -2.21. The summed E-state index contributed by atoms with van der Waals surface area (Å²) in [7, 11) is 0. The van der Waals surface area contributed by atoms with Crippen LogP contribution in [0.3, 0.4) is 0 Å². The van der Waals surface area contributed by atoms with E-state index < -0.39 is 0 Å². The summed E-state index contributed by atoms with van der Waals surface area (Å²) in [6.07, 6.45) is 4.69. The smallest absolute Gasteiger partial charge is 0.175 e. The molecule has 0 saturated heterocycles. The summed E-state index contributed by atoms with van der Waals surface area (Å²) in [5.41, 5.74) is 5.09. The number of benzene rings is 2. The fraction of sp³-hybridized carbons (Fsp3) is 0.278. The van der Waals surface area contributed by atoms with Gasteiger partial charge in [0.1, 0.15) is 5.82 Å². The van der Waals surface area contributed by atoms with E-state index in [1.165, 1.54) is 30.0 Å². The van der Waals surface area contributed by atoms with Gasteiger partial charge in [-0.15, -0.1) is 0 Å². The van der Waals surface area contributed by atoms with Gasteiger partial charge in [0.05, 0.1) is 0 Å². The van der Waals surface area contributed by atoms with E-state index in [2.05, 4.69) is 28.8 Å². The van der Waals surface area contributed by atoms with Crippen molar-refractivity contribution in [1.82, 2.24) is 0 Å². The van der Waals surface area contributed by atoms with Gasteiger partial charge in [-0.05, 0) is 74.2 Å². The Bertz CT molecular complexity index is 712. The van der Waals surface area contributed by atoms with Crippen molar-refractivity contribution in [3.8, 4) is 0 Å². The van der Waals surface area contributed by atoms with Crippen LogP contribution in [-0.4, -0.2) is 5.11 Å². The first kappa shape index (κ1) is 15.0. The first-order valence-corrected chi connectivity index (χ1v) is 8.00. The Morgan fingerprint density at radius 2 is 1.68 bits per heavy atom. The molecule has 1 aliphatic rings. The highest BCUT2D eigenvalue weighted by Gasteiger charge is 2.13. The Labute approximate surface area is 135 Å². The molecule has 4 heteroatoms. The monoisotopic (exact) mass is 314 g/mol. The maximum Gasteiger partial charge on any atom is 0.175 e. The molecule has 0 saturated carbocycles. The van der Waals surface area contributed by atoms with Crippen molar-refractivity contribution < 1.29 is 4.39 Å². The summed E-state index contributed by atoms with van der Waals surface area (Å²) < 4.78 is 13.6. The molecular formula is C18H19FN2S. The lowest BCUT2D eigenvalue weighted by molar-refractivity contribution is 0.619. The quantitative estimate of drug-likeness (QED) is 0.777. The lowest BCUT2D eigenvalue weighted by Gasteiger charge is -2.21. The van der Waals surface area contributed by atoms with E-state index in [4.69, 9.17) is 12.2 Å². The van der Waals surface area contributed by atoms with E-state index in [1.54, 1.807) is 13.0 Å². The first-order chi connectivity index (χ1) is 10.6. The summed E-state index contributed by atoms with van der Waals surface area (Å²) in [6, 6.07) is 11.3. The van der Waals surface area contributed by atoms with Crippen molar-refractivity contribution in [3.05, 3.63) is 58.9 Å². The topological polar surface area (TPSA) is 24.1 Å². The minimum absolute atomic E-state index is 0.232. The van der Waals surface area contributed by atoms with Gasteiger partial charge in [0.15, 0.2) is 5.11 Å². The second kappa shape index (κ2) is 6.44. The Kier molecular flexibility index (Phi) is 4.39. The van der Waals surface area contributed by atoms with Gasteiger partial charge in [0, 0.05) is 16.9 Å². The molecule has 0 unspecified atom stereocenters. The molecule has 2 N–H and O–H groups in total. The van der Waals surface area contributed by atoms with E-state index in [1.807, 2.05) is 6.07 Å². The van der Waals surface area contributed by atoms with E-state index >= 15 is 0 Å². The fourth-order valence-electron chi connectivity index (χ4n) is 2.92. The summed E-state index contributed by atoms with van der Waals surface area (Å²) in [4.78, 5) is 0. The van der Waals surface area contributed by atoms with Crippen molar-refractivity contribution in [2.75, 3.05) is 10.6 Å². The zero-order valence-corrected chi connectivity index (χ0v) is 13.4. The maximum absolute atomic E-state index is 13.6. The molecule has 0 spiro atoms. The molecule has 2 aromatic carbocycles. The summed E-state index contributed by atoms with van der Waals surface area (Å²) in [5.74, 6) is -0.232. The highest BCUT2D eigenvalue weighted by atomic mass is 32.1. The van der Waals surface area contributed by atoms with Gasteiger partial charge < -0.3 is 10.6 Å². The number of rotatable bonds is 2. The minimum atomic E-state index is -0.232. The molecule has 1 aliphatic carbocycles. The number of nitrogens with one attached hydrogen (secondary N) is 2. The van der Waals surface area contributed by atoms with Crippen molar-refractivity contribution in [2.45, 2.75) is 32.6 Å². The zero-order chi connectivity index (χ0) is 15.5. The van der Waals surface area contributed by atoms with Crippen LogP contribution in [0.4, 0.5) is 15.8 Å². The Balaban J connectivity index is 1.76. The molecule has 0 radical (unpaired) electrons. The average Bonchev–Trinajstić information content (AvgIpc) is 2.52. The number of hydrogen-bond donors (Lipinski definition) is 2. The van der Waals surface area contributed by atoms with Crippen LogP contribution in [0, 0.1) is 12.7 Å². The fourth-order valence-corrected chi connectivity index (χ4v) is 3.14. The highest BCUT2D eigenvalue weighted by molar-refractivity contribution is 7.80. The number of fused-ring (bicyclic) bond motifs is 1. The summed E-state index contributed by atoms with van der Waals surface area (Å²) in [5, 5.41) is 6.84. The Morgan fingerprint density at radius 1 is 1.00 bits per heavy atom. The molecule has 22 heavy (non-hydrogen) atoms. The largest absolute Gasteiger partial charge is 0.332 e. The molecule has 2 aromatic rings. The first-order valence-electron chi connectivity index (χ1n) is 7.59. The van der Waals surface area contributed by atoms with Crippen LogP contribution in [0.1, 0.15) is 29.5 Å². The molecule has 0 aromatic heterocycles. The molecule has 0 heterocycles. The second-order valence-corrected chi connectivity index (χ2v) is 6.05. The van der Waals surface area contributed by atoms with Gasteiger partial charge in [0.2, 0.25) is 0 Å². The minimum Gasteiger partial charge on any atom is -0.332 e. The third-order valence-corrected chi connectivity index (χ3v) is 4.36. The van der Waals surface area contributed by atoms with Gasteiger partial charge in [-0.2, -0.15) is 0 Å². The molecule has 0 bridgehead atoms. The van der Waals surface area contributed by atoms with Crippen molar-refractivity contribution in [2.24, 2.45) is 0 Å². The van der Waals surface area contributed by atoms with E-state index in [0.29, 0.717) is 16.4 Å². The standard InChI is InChI=1S/C18H19FN2S/c1-12-15(19)9-5-10-16(12)20-18(22)21-17-11-4-7-13-6-2-3-8-14(13)17/h4-5,7,9-11H,2-3,6,8H2,1H3,(H2,20,21,22).